The lowest BCUT2D eigenvalue weighted by Crippen LogP contribution is -2.33. The molecular weight excluding hydrogens is 520 g/mol. The number of benzene rings is 1. The molecule has 10 nitrogen and oxygen atoms in total. The van der Waals surface area contributed by atoms with Crippen LogP contribution in [0.15, 0.2) is 63.9 Å². The van der Waals surface area contributed by atoms with Crippen molar-refractivity contribution in [1.82, 2.24) is 20.1 Å². The van der Waals surface area contributed by atoms with E-state index in [0.717, 1.165) is 39.7 Å². The number of aliphatic hydroxyl groups is 1. The Balaban J connectivity index is 0.00000151. The third-order valence-corrected chi connectivity index (χ3v) is 7.32. The molecule has 3 aliphatic rings. The van der Waals surface area contributed by atoms with Crippen LogP contribution in [0.1, 0.15) is 60.9 Å². The molecule has 39 heavy (non-hydrogen) atoms. The Morgan fingerprint density at radius 3 is 2.77 bits per heavy atom. The highest BCUT2D eigenvalue weighted by atomic mass is 35.5. The second-order valence-electron chi connectivity index (χ2n) is 9.23. The molecule has 0 aliphatic carbocycles. The van der Waals surface area contributed by atoms with E-state index >= 15 is 0 Å². The molecule has 6 rings (SSSR count). The first kappa shape index (κ1) is 26.7. The Morgan fingerprint density at radius 2 is 2.05 bits per heavy atom. The number of hydrazine groups is 1. The van der Waals surface area contributed by atoms with Gasteiger partial charge in [0.25, 0.3) is 5.56 Å². The number of pyridine rings is 2. The number of fused-ring (bicyclic) bond motifs is 5. The van der Waals surface area contributed by atoms with Gasteiger partial charge in [-0.05, 0) is 47.3 Å². The number of hydrogen-bond donors (Lipinski definition) is 2. The van der Waals surface area contributed by atoms with E-state index in [4.69, 9.17) is 21.3 Å². The number of aryl methyl sites for hydroxylation is 1. The summed E-state index contributed by atoms with van der Waals surface area (Å²) in [5, 5.41) is 20.7. The number of aromatic nitrogens is 2. The van der Waals surface area contributed by atoms with Gasteiger partial charge in [-0.1, -0.05) is 45.2 Å². The van der Waals surface area contributed by atoms with Crippen LogP contribution in [0.2, 0.25) is 0 Å². The molecule has 2 aromatic heterocycles. The molecule has 0 saturated carbocycles. The topological polar surface area (TPSA) is 121 Å². The number of nitrogens with zero attached hydrogens (tertiary/aromatic N) is 5. The van der Waals surface area contributed by atoms with E-state index in [1.165, 1.54) is 5.12 Å². The third-order valence-electron chi connectivity index (χ3n) is 7.06. The van der Waals surface area contributed by atoms with E-state index in [2.05, 4.69) is 35.8 Å². The molecule has 202 valence electrons. The fourth-order valence-corrected chi connectivity index (χ4v) is 5.20. The first-order chi connectivity index (χ1) is 18.8. The van der Waals surface area contributed by atoms with Gasteiger partial charge in [0.2, 0.25) is 5.24 Å². The molecule has 3 aromatic rings. The van der Waals surface area contributed by atoms with Crippen molar-refractivity contribution in [1.29, 1.82) is 0 Å². The first-order valence-electron chi connectivity index (χ1n) is 12.8. The van der Waals surface area contributed by atoms with Crippen LogP contribution in [-0.2, 0) is 29.1 Å². The van der Waals surface area contributed by atoms with Gasteiger partial charge < -0.3 is 14.4 Å². The van der Waals surface area contributed by atoms with E-state index in [1.54, 1.807) is 4.57 Å². The maximum absolute atomic E-state index is 13.3. The summed E-state index contributed by atoms with van der Waals surface area (Å²) in [5.74, 6) is 0.234. The van der Waals surface area contributed by atoms with E-state index < -0.39 is 17.5 Å². The second-order valence-corrected chi connectivity index (χ2v) is 9.57. The Labute approximate surface area is 230 Å². The lowest BCUT2D eigenvalue weighted by Gasteiger charge is -2.24. The smallest absolute Gasteiger partial charge is 0.258 e. The van der Waals surface area contributed by atoms with E-state index in [-0.39, 0.29) is 30.0 Å². The van der Waals surface area contributed by atoms with Gasteiger partial charge in [0, 0.05) is 22.1 Å². The van der Waals surface area contributed by atoms with Gasteiger partial charge in [-0.25, -0.2) is 10.1 Å². The number of carbonyl (C=O) groups excluding carboxylic acids is 1. The lowest BCUT2D eigenvalue weighted by atomic mass is 9.96. The van der Waals surface area contributed by atoms with Gasteiger partial charge in [0.05, 0.1) is 35.6 Å². The largest absolute Gasteiger partial charge is 0.491 e. The van der Waals surface area contributed by atoms with Crippen molar-refractivity contribution in [2.75, 3.05) is 6.54 Å². The summed E-state index contributed by atoms with van der Waals surface area (Å²) in [6.45, 7) is 14.1. The molecule has 0 fully saturated rings. The number of hydrogen-bond acceptors (Lipinski definition) is 9. The zero-order chi connectivity index (χ0) is 28.0. The molecule has 5 heterocycles. The summed E-state index contributed by atoms with van der Waals surface area (Å²) >= 11 is 5.48. The molecule has 0 spiro atoms. The van der Waals surface area contributed by atoms with Crippen LogP contribution in [0.5, 0.6) is 0 Å². The van der Waals surface area contributed by atoms with Gasteiger partial charge in [-0.15, -0.1) is 5.11 Å². The molecule has 0 radical (unpaired) electrons. The maximum atomic E-state index is 13.3. The standard InChI is InChI=1S/C26H23ClN6O4.C2H6/c1-4-15-16-7-14(25-29-31-33(30-25)9-12(2)24(27)35)5-6-20(16)28-22-18(15)10-32-21(22)8-17-19(26(32)36)11-37-13(3)23(17)34;1-2/h5-8,23,25,30,34H,2-4,9-11H2,1H3;1-2H3. The van der Waals surface area contributed by atoms with Crippen LogP contribution < -0.4 is 11.0 Å². The third kappa shape index (κ3) is 4.44. The highest BCUT2D eigenvalue weighted by molar-refractivity contribution is 6.67. The van der Waals surface area contributed by atoms with Crippen molar-refractivity contribution in [2.24, 2.45) is 10.3 Å². The van der Waals surface area contributed by atoms with Gasteiger partial charge >= 0.3 is 0 Å². The molecule has 0 amide bonds. The second kappa shape index (κ2) is 10.4. The number of rotatable bonds is 5. The van der Waals surface area contributed by atoms with Gasteiger partial charge in [-0.2, -0.15) is 5.43 Å². The number of nitrogens with one attached hydrogen (secondary N) is 1. The lowest BCUT2D eigenvalue weighted by molar-refractivity contribution is -0.108. The molecule has 2 N–H and O–H groups in total. The van der Waals surface area contributed by atoms with Crippen molar-refractivity contribution in [3.05, 3.63) is 86.9 Å². The highest BCUT2D eigenvalue weighted by Crippen LogP contribution is 2.39. The number of halogens is 1. The zero-order valence-corrected chi connectivity index (χ0v) is 22.7. The van der Waals surface area contributed by atoms with Crippen LogP contribution in [0, 0.1) is 0 Å². The first-order valence-corrected chi connectivity index (χ1v) is 13.2. The summed E-state index contributed by atoms with van der Waals surface area (Å²) in [7, 11) is 0. The number of carbonyl (C=O) groups is 1. The minimum Gasteiger partial charge on any atom is -0.491 e. The van der Waals surface area contributed by atoms with E-state index in [0.29, 0.717) is 23.4 Å². The average molecular weight is 549 g/mol. The summed E-state index contributed by atoms with van der Waals surface area (Å²) in [6, 6.07) is 7.71. The molecular formula is C28H29ClN6O4. The maximum Gasteiger partial charge on any atom is 0.258 e. The normalized spacial score (nSPS) is 18.7. The predicted octanol–water partition coefficient (Wildman–Crippen LogP) is 4.60. The fraction of sp³-hybridized carbons (Fsp3) is 0.321. The molecule has 3 aliphatic heterocycles. The average Bonchev–Trinajstić information content (AvgIpc) is 3.55. The van der Waals surface area contributed by atoms with E-state index in [9.17, 15) is 14.7 Å². The quantitative estimate of drug-likeness (QED) is 0.276. The summed E-state index contributed by atoms with van der Waals surface area (Å²) < 4.78 is 7.12. The van der Waals surface area contributed by atoms with Crippen LogP contribution in [-0.4, -0.2) is 31.6 Å². The van der Waals surface area contributed by atoms with Crippen molar-refractivity contribution in [2.45, 2.75) is 52.6 Å². The SMILES string of the molecule is C=C(CN1N=NC(c2ccc3nc4c(c(CC)c3c2)Cn2c-4cc3c(c2=O)COC(=C)C3O)N1)C(=O)Cl.CC. The van der Waals surface area contributed by atoms with Crippen LogP contribution >= 0.6 is 11.6 Å². The number of ether oxygens (including phenoxy) is 1. The molecule has 2 unspecified atom stereocenters. The molecule has 2 atom stereocenters. The van der Waals surface area contributed by atoms with Gasteiger partial charge in [-0.3, -0.25) is 9.59 Å². The van der Waals surface area contributed by atoms with Crippen molar-refractivity contribution < 1.29 is 14.6 Å². The fourth-order valence-electron chi connectivity index (χ4n) is 5.14. The monoisotopic (exact) mass is 548 g/mol. The summed E-state index contributed by atoms with van der Waals surface area (Å²) in [6.07, 6.45) is -0.756. The molecule has 0 bridgehead atoms. The minimum atomic E-state index is -1.05. The molecule has 1 aromatic carbocycles. The Morgan fingerprint density at radius 1 is 1.28 bits per heavy atom. The van der Waals surface area contributed by atoms with E-state index in [1.807, 2.05) is 38.1 Å². The van der Waals surface area contributed by atoms with Crippen molar-refractivity contribution in [3.8, 4) is 11.4 Å². The Bertz CT molecular complexity index is 1630. The van der Waals surface area contributed by atoms with Crippen LogP contribution in [0.4, 0.5) is 0 Å². The van der Waals surface area contributed by atoms with Crippen molar-refractivity contribution >= 4 is 27.7 Å². The predicted molar refractivity (Wildman–Crippen MR) is 148 cm³/mol. The molecule has 0 saturated heterocycles. The van der Waals surface area contributed by atoms with Crippen molar-refractivity contribution in [3.63, 3.8) is 0 Å². The summed E-state index contributed by atoms with van der Waals surface area (Å²) in [4.78, 5) is 29.6. The van der Waals surface area contributed by atoms with Crippen LogP contribution in [0.3, 0.4) is 0 Å². The molecule has 11 heteroatoms. The van der Waals surface area contributed by atoms with Crippen LogP contribution in [0.25, 0.3) is 22.3 Å². The van der Waals surface area contributed by atoms with Gasteiger partial charge in [0.15, 0.2) is 6.17 Å². The highest BCUT2D eigenvalue weighted by Gasteiger charge is 2.32. The Hall–Kier alpha value is -3.86. The summed E-state index contributed by atoms with van der Waals surface area (Å²) in [5.41, 5.74) is 9.30. The minimum absolute atomic E-state index is 0.0897. The van der Waals surface area contributed by atoms with Gasteiger partial charge in [0.1, 0.15) is 18.5 Å². The number of aliphatic hydroxyl groups excluding tert-OH is 1. The zero-order valence-electron chi connectivity index (χ0n) is 22.0. The Kier molecular flexibility index (Phi) is 7.11.